The standard InChI is InChI=1S/C21H30N4O3S.HI/c1-3-22-21(23-14-13-19-11-7-8-12-20(19)28-2)24-15-16-29(26,27)25-17-18-9-5-4-6-10-18;/h4-12,25H,3,13-17H2,1-2H3,(H2,22,23,24);1H. The number of sulfonamides is 1. The zero-order chi connectivity index (χ0) is 21.0. The van der Waals surface area contributed by atoms with Crippen molar-refractivity contribution in [2.75, 3.05) is 32.5 Å². The predicted molar refractivity (Wildman–Crippen MR) is 133 cm³/mol. The van der Waals surface area contributed by atoms with Gasteiger partial charge in [0.25, 0.3) is 0 Å². The Hall–Kier alpha value is -1.85. The van der Waals surface area contributed by atoms with Crippen LogP contribution in [0.1, 0.15) is 18.1 Å². The van der Waals surface area contributed by atoms with E-state index in [1.807, 2.05) is 61.5 Å². The average molecular weight is 546 g/mol. The molecule has 7 nitrogen and oxygen atoms in total. The molecule has 0 aliphatic carbocycles. The molecule has 0 radical (unpaired) electrons. The molecule has 0 fully saturated rings. The lowest BCUT2D eigenvalue weighted by atomic mass is 10.1. The molecular weight excluding hydrogens is 515 g/mol. The van der Waals surface area contributed by atoms with Gasteiger partial charge in [-0.15, -0.1) is 24.0 Å². The number of guanidine groups is 1. The van der Waals surface area contributed by atoms with Crippen LogP contribution in [0.5, 0.6) is 5.75 Å². The third-order valence-electron chi connectivity index (χ3n) is 4.19. The van der Waals surface area contributed by atoms with E-state index in [2.05, 4.69) is 20.3 Å². The number of benzene rings is 2. The van der Waals surface area contributed by atoms with Gasteiger partial charge in [0.05, 0.1) is 19.4 Å². The van der Waals surface area contributed by atoms with Gasteiger partial charge in [-0.2, -0.15) is 0 Å². The Balaban J connectivity index is 0.00000450. The summed E-state index contributed by atoms with van der Waals surface area (Å²) in [6.45, 7) is 3.78. The second-order valence-corrected chi connectivity index (χ2v) is 8.30. The van der Waals surface area contributed by atoms with Gasteiger partial charge in [0, 0.05) is 19.6 Å². The molecule has 9 heteroatoms. The zero-order valence-corrected chi connectivity index (χ0v) is 20.6. The van der Waals surface area contributed by atoms with E-state index in [0.717, 1.165) is 23.3 Å². The summed E-state index contributed by atoms with van der Waals surface area (Å²) < 4.78 is 32.3. The Morgan fingerprint density at radius 1 is 1.03 bits per heavy atom. The lowest BCUT2D eigenvalue weighted by molar-refractivity contribution is 0.409. The van der Waals surface area contributed by atoms with Gasteiger partial charge in [0.2, 0.25) is 10.0 Å². The highest BCUT2D eigenvalue weighted by Gasteiger charge is 2.10. The van der Waals surface area contributed by atoms with Crippen LogP contribution < -0.4 is 20.1 Å². The summed E-state index contributed by atoms with van der Waals surface area (Å²) in [7, 11) is -1.74. The predicted octanol–water partition coefficient (Wildman–Crippen LogP) is 2.53. The molecule has 0 bridgehead atoms. The quantitative estimate of drug-likeness (QED) is 0.229. The molecule has 0 heterocycles. The molecular formula is C21H31IN4O3S. The van der Waals surface area contributed by atoms with Crippen molar-refractivity contribution in [2.24, 2.45) is 4.99 Å². The molecule has 0 aromatic heterocycles. The number of ether oxygens (including phenoxy) is 1. The van der Waals surface area contributed by atoms with Crippen LogP contribution in [0.15, 0.2) is 59.6 Å². The molecule has 0 atom stereocenters. The number of hydrogen-bond donors (Lipinski definition) is 3. The number of nitrogens with zero attached hydrogens (tertiary/aromatic N) is 1. The van der Waals surface area contributed by atoms with Crippen molar-refractivity contribution in [1.29, 1.82) is 0 Å². The molecule has 0 unspecified atom stereocenters. The highest BCUT2D eigenvalue weighted by molar-refractivity contribution is 14.0. The maximum atomic E-state index is 12.2. The number of rotatable bonds is 11. The van der Waals surface area contributed by atoms with Gasteiger partial charge in [-0.3, -0.25) is 4.99 Å². The number of para-hydroxylation sites is 1. The minimum absolute atomic E-state index is 0. The summed E-state index contributed by atoms with van der Waals surface area (Å²) in [5.74, 6) is 1.38. The van der Waals surface area contributed by atoms with Crippen molar-refractivity contribution in [3.8, 4) is 5.75 Å². The lowest BCUT2D eigenvalue weighted by Crippen LogP contribution is -2.39. The van der Waals surface area contributed by atoms with Crippen molar-refractivity contribution in [3.05, 3.63) is 65.7 Å². The van der Waals surface area contributed by atoms with Gasteiger partial charge in [-0.1, -0.05) is 48.5 Å². The smallest absolute Gasteiger partial charge is 0.213 e. The van der Waals surface area contributed by atoms with Crippen LogP contribution in [-0.2, 0) is 23.0 Å². The molecule has 0 saturated carbocycles. The van der Waals surface area contributed by atoms with Crippen LogP contribution in [0.25, 0.3) is 0 Å². The molecule has 0 spiro atoms. The third kappa shape index (κ3) is 9.77. The maximum absolute atomic E-state index is 12.2. The van der Waals surface area contributed by atoms with Crippen LogP contribution in [0.2, 0.25) is 0 Å². The van der Waals surface area contributed by atoms with Crippen molar-refractivity contribution in [2.45, 2.75) is 19.9 Å². The first-order valence-electron chi connectivity index (χ1n) is 9.69. The van der Waals surface area contributed by atoms with E-state index < -0.39 is 10.0 Å². The van der Waals surface area contributed by atoms with Gasteiger partial charge < -0.3 is 15.4 Å². The number of hydrogen-bond acceptors (Lipinski definition) is 4. The van der Waals surface area contributed by atoms with Crippen molar-refractivity contribution in [1.82, 2.24) is 15.4 Å². The number of methoxy groups -OCH3 is 1. The Bertz CT molecular complexity index is 877. The highest BCUT2D eigenvalue weighted by Crippen LogP contribution is 2.17. The molecule has 0 aliphatic rings. The maximum Gasteiger partial charge on any atom is 0.213 e. The first-order valence-corrected chi connectivity index (χ1v) is 11.3. The first-order chi connectivity index (χ1) is 14.0. The number of aliphatic imine (C=N–C) groups is 1. The minimum Gasteiger partial charge on any atom is -0.496 e. The lowest BCUT2D eigenvalue weighted by Gasteiger charge is -2.13. The highest BCUT2D eigenvalue weighted by atomic mass is 127. The van der Waals surface area contributed by atoms with Gasteiger partial charge in [0.15, 0.2) is 5.96 Å². The molecule has 0 aliphatic heterocycles. The number of nitrogens with one attached hydrogen (secondary N) is 3. The summed E-state index contributed by atoms with van der Waals surface area (Å²) >= 11 is 0. The van der Waals surface area contributed by atoms with E-state index in [0.29, 0.717) is 19.0 Å². The summed E-state index contributed by atoms with van der Waals surface area (Å²) in [5, 5.41) is 6.37. The van der Waals surface area contributed by atoms with E-state index in [1.54, 1.807) is 7.11 Å². The SMILES string of the molecule is CCNC(=NCCS(=O)(=O)NCc1ccccc1)NCCc1ccccc1OC.I. The summed E-state index contributed by atoms with van der Waals surface area (Å²) in [6.07, 6.45) is 0.769. The largest absolute Gasteiger partial charge is 0.496 e. The second-order valence-electron chi connectivity index (χ2n) is 6.37. The molecule has 0 saturated heterocycles. The van der Waals surface area contributed by atoms with Crippen LogP contribution in [0.3, 0.4) is 0 Å². The fraction of sp³-hybridized carbons (Fsp3) is 0.381. The molecule has 0 amide bonds. The summed E-state index contributed by atoms with van der Waals surface area (Å²) in [5.41, 5.74) is 2.02. The van der Waals surface area contributed by atoms with Crippen LogP contribution in [0.4, 0.5) is 0 Å². The zero-order valence-electron chi connectivity index (χ0n) is 17.4. The summed E-state index contributed by atoms with van der Waals surface area (Å²) in [6, 6.07) is 17.3. The summed E-state index contributed by atoms with van der Waals surface area (Å²) in [4.78, 5) is 4.37. The van der Waals surface area contributed by atoms with E-state index in [9.17, 15) is 8.42 Å². The Morgan fingerprint density at radius 3 is 2.43 bits per heavy atom. The van der Waals surface area contributed by atoms with Crippen LogP contribution in [-0.4, -0.2) is 46.9 Å². The molecule has 2 rings (SSSR count). The fourth-order valence-corrected chi connectivity index (χ4v) is 3.57. The van der Waals surface area contributed by atoms with Crippen molar-refractivity contribution < 1.29 is 13.2 Å². The normalized spacial score (nSPS) is 11.5. The average Bonchev–Trinajstić information content (AvgIpc) is 2.73. The molecule has 3 N–H and O–H groups in total. The molecule has 2 aromatic rings. The van der Waals surface area contributed by atoms with E-state index >= 15 is 0 Å². The Kier molecular flexibility index (Phi) is 12.4. The van der Waals surface area contributed by atoms with Gasteiger partial charge in [-0.25, -0.2) is 13.1 Å². The van der Waals surface area contributed by atoms with Gasteiger partial charge in [-0.05, 0) is 30.5 Å². The topological polar surface area (TPSA) is 91.8 Å². The molecule has 166 valence electrons. The Morgan fingerprint density at radius 2 is 1.73 bits per heavy atom. The van der Waals surface area contributed by atoms with Gasteiger partial charge >= 0.3 is 0 Å². The van der Waals surface area contributed by atoms with Crippen molar-refractivity contribution in [3.63, 3.8) is 0 Å². The second kappa shape index (κ2) is 14.2. The number of halogens is 1. The Labute approximate surface area is 196 Å². The minimum atomic E-state index is -3.39. The fourth-order valence-electron chi connectivity index (χ4n) is 2.71. The monoisotopic (exact) mass is 546 g/mol. The van der Waals surface area contributed by atoms with E-state index in [4.69, 9.17) is 4.74 Å². The van der Waals surface area contributed by atoms with Crippen molar-refractivity contribution >= 4 is 40.0 Å². The van der Waals surface area contributed by atoms with Gasteiger partial charge in [0.1, 0.15) is 5.75 Å². The van der Waals surface area contributed by atoms with E-state index in [-0.39, 0.29) is 42.8 Å². The van der Waals surface area contributed by atoms with Crippen LogP contribution >= 0.6 is 24.0 Å². The van der Waals surface area contributed by atoms with Crippen LogP contribution in [0, 0.1) is 0 Å². The first kappa shape index (κ1) is 26.2. The molecule has 2 aromatic carbocycles. The van der Waals surface area contributed by atoms with E-state index in [1.165, 1.54) is 0 Å². The third-order valence-corrected chi connectivity index (χ3v) is 5.50. The molecule has 30 heavy (non-hydrogen) atoms.